The van der Waals surface area contributed by atoms with E-state index in [1.54, 1.807) is 13.0 Å². The number of piperazine rings is 1. The summed E-state index contributed by atoms with van der Waals surface area (Å²) in [4.78, 5) is 4.49. The van der Waals surface area contributed by atoms with Crippen LogP contribution >= 0.6 is 11.3 Å². The van der Waals surface area contributed by atoms with Crippen LogP contribution < -0.4 is 9.62 Å². The molecule has 3 fully saturated rings. The van der Waals surface area contributed by atoms with Crippen molar-refractivity contribution in [1.29, 1.82) is 0 Å². The summed E-state index contributed by atoms with van der Waals surface area (Å²) in [6.07, 6.45) is -1.38. The molecule has 3 aromatic rings. The molecule has 0 spiro atoms. The Bertz CT molecular complexity index is 1430. The molecule has 12 nitrogen and oxygen atoms in total. The first kappa shape index (κ1) is 24.9. The Balaban J connectivity index is 1.46. The zero-order valence-electron chi connectivity index (χ0n) is 20.2. The molecule has 3 aliphatic rings. The van der Waals surface area contributed by atoms with Gasteiger partial charge in [-0.2, -0.15) is 0 Å². The van der Waals surface area contributed by atoms with Gasteiger partial charge in [0, 0.05) is 31.9 Å². The third-order valence-corrected chi connectivity index (χ3v) is 9.44. The number of rotatable bonds is 6. The van der Waals surface area contributed by atoms with Crippen molar-refractivity contribution in [1.82, 2.24) is 34.4 Å². The SMILES string of the molecule is C[C@H]1CN(c2cc(S(=O)(=O)NC3(C)COC3)cn3c(-c4nnc(C(F)F)s4)nnc23)C[C@@H]2COCCN21. The smallest absolute Gasteiger partial charge is 0.291 e. The molecule has 0 unspecified atom stereocenters. The number of halogens is 2. The van der Waals surface area contributed by atoms with E-state index in [0.29, 0.717) is 49.0 Å². The maximum absolute atomic E-state index is 13.5. The van der Waals surface area contributed by atoms with Crippen molar-refractivity contribution >= 4 is 32.7 Å². The Morgan fingerprint density at radius 3 is 2.70 bits per heavy atom. The average Bonchev–Trinajstić information content (AvgIpc) is 3.49. The number of pyridine rings is 1. The molecule has 2 atom stereocenters. The van der Waals surface area contributed by atoms with Gasteiger partial charge in [-0.1, -0.05) is 11.3 Å². The maximum Gasteiger partial charge on any atom is 0.291 e. The molecular weight excluding hydrogens is 530 g/mol. The van der Waals surface area contributed by atoms with Crippen LogP contribution in [-0.4, -0.2) is 102 Å². The maximum atomic E-state index is 13.5. The highest BCUT2D eigenvalue weighted by Crippen LogP contribution is 2.34. The van der Waals surface area contributed by atoms with Crippen LogP contribution in [0.2, 0.25) is 0 Å². The molecular formula is C21H26F2N8O4S2. The molecule has 6 rings (SSSR count). The quantitative estimate of drug-likeness (QED) is 0.473. The number of hydrogen-bond acceptors (Lipinski definition) is 11. The number of nitrogens with one attached hydrogen (secondary N) is 1. The Morgan fingerprint density at radius 2 is 2.00 bits per heavy atom. The van der Waals surface area contributed by atoms with Gasteiger partial charge in [0.15, 0.2) is 21.5 Å². The van der Waals surface area contributed by atoms with E-state index in [-0.39, 0.29) is 41.0 Å². The summed E-state index contributed by atoms with van der Waals surface area (Å²) in [5.74, 6) is 0.142. The highest BCUT2D eigenvalue weighted by molar-refractivity contribution is 7.89. The molecule has 3 aromatic heterocycles. The lowest BCUT2D eigenvalue weighted by Crippen LogP contribution is -2.62. The van der Waals surface area contributed by atoms with Gasteiger partial charge in [-0.3, -0.25) is 9.30 Å². The van der Waals surface area contributed by atoms with Crippen LogP contribution in [-0.2, 0) is 19.5 Å². The lowest BCUT2D eigenvalue weighted by atomic mass is 10.0. The summed E-state index contributed by atoms with van der Waals surface area (Å²) in [7, 11) is -3.97. The third-order valence-electron chi connectivity index (χ3n) is 6.91. The van der Waals surface area contributed by atoms with Crippen LogP contribution in [0.15, 0.2) is 17.2 Å². The van der Waals surface area contributed by atoms with Crippen LogP contribution in [0.25, 0.3) is 16.5 Å². The van der Waals surface area contributed by atoms with E-state index in [9.17, 15) is 17.2 Å². The minimum absolute atomic E-state index is 0.00208. The van der Waals surface area contributed by atoms with Crippen LogP contribution in [0.5, 0.6) is 0 Å². The standard InChI is InChI=1S/C21H26F2N8O4S2/c1-12-6-29(7-13-9-34-4-3-30(12)13)15-5-14(37(32,33)28-21(2)10-35-11-21)8-31-17(15)24-25-18(31)20-27-26-19(36-20)16(22)23/h5,8,12-13,16,28H,3-4,6-7,9-11H2,1-2H3/t12-,13+/m0/s1. The Hall–Kier alpha value is -2.37. The summed E-state index contributed by atoms with van der Waals surface area (Å²) >= 11 is 0.692. The molecule has 200 valence electrons. The summed E-state index contributed by atoms with van der Waals surface area (Å²) in [6.45, 7) is 7.79. The lowest BCUT2D eigenvalue weighted by molar-refractivity contribution is -0.0523. The number of ether oxygens (including phenoxy) is 2. The van der Waals surface area contributed by atoms with Gasteiger partial charge in [-0.25, -0.2) is 21.9 Å². The van der Waals surface area contributed by atoms with Gasteiger partial charge < -0.3 is 14.4 Å². The number of morpholine rings is 1. The molecule has 6 heterocycles. The Morgan fingerprint density at radius 1 is 1.19 bits per heavy atom. The second-order valence-electron chi connectivity index (χ2n) is 9.90. The minimum Gasteiger partial charge on any atom is -0.378 e. The van der Waals surface area contributed by atoms with E-state index in [2.05, 4.69) is 41.8 Å². The fraction of sp³-hybridized carbons (Fsp3) is 0.619. The van der Waals surface area contributed by atoms with E-state index < -0.39 is 27.0 Å². The van der Waals surface area contributed by atoms with Crippen molar-refractivity contribution in [3.8, 4) is 10.8 Å². The predicted molar refractivity (Wildman–Crippen MR) is 129 cm³/mol. The number of anilines is 1. The largest absolute Gasteiger partial charge is 0.378 e. The van der Waals surface area contributed by atoms with E-state index in [1.165, 1.54) is 10.6 Å². The predicted octanol–water partition coefficient (Wildman–Crippen LogP) is 1.16. The van der Waals surface area contributed by atoms with E-state index in [1.807, 2.05) is 0 Å². The Labute approximate surface area is 215 Å². The van der Waals surface area contributed by atoms with E-state index in [0.717, 1.165) is 6.54 Å². The normalized spacial score (nSPS) is 24.4. The van der Waals surface area contributed by atoms with Crippen molar-refractivity contribution in [2.24, 2.45) is 0 Å². The number of hydrogen-bond donors (Lipinski definition) is 1. The fourth-order valence-electron chi connectivity index (χ4n) is 5.10. The number of fused-ring (bicyclic) bond motifs is 2. The molecule has 3 saturated heterocycles. The number of aromatic nitrogens is 5. The highest BCUT2D eigenvalue weighted by Gasteiger charge is 2.39. The molecule has 37 heavy (non-hydrogen) atoms. The zero-order valence-corrected chi connectivity index (χ0v) is 21.8. The van der Waals surface area contributed by atoms with Crippen molar-refractivity contribution in [2.45, 2.75) is 42.8 Å². The van der Waals surface area contributed by atoms with Gasteiger partial charge in [0.05, 0.1) is 43.7 Å². The minimum atomic E-state index is -3.97. The fourth-order valence-corrected chi connectivity index (χ4v) is 7.17. The summed E-state index contributed by atoms with van der Waals surface area (Å²) in [6, 6.07) is 1.93. The third kappa shape index (κ3) is 4.48. The lowest BCUT2D eigenvalue weighted by Gasteiger charge is -2.48. The van der Waals surface area contributed by atoms with Gasteiger partial charge >= 0.3 is 0 Å². The monoisotopic (exact) mass is 556 g/mol. The average molecular weight is 557 g/mol. The van der Waals surface area contributed by atoms with Gasteiger partial charge in [0.2, 0.25) is 10.0 Å². The summed E-state index contributed by atoms with van der Waals surface area (Å²) in [5.41, 5.74) is 0.264. The number of alkyl halides is 2. The van der Waals surface area contributed by atoms with Crippen LogP contribution in [0, 0.1) is 0 Å². The molecule has 3 aliphatic heterocycles. The van der Waals surface area contributed by atoms with Crippen LogP contribution in [0.3, 0.4) is 0 Å². The second-order valence-corrected chi connectivity index (χ2v) is 12.6. The van der Waals surface area contributed by atoms with E-state index in [4.69, 9.17) is 9.47 Å². The molecule has 0 radical (unpaired) electrons. The molecule has 16 heteroatoms. The first-order chi connectivity index (χ1) is 17.6. The van der Waals surface area contributed by atoms with Crippen molar-refractivity contribution in [2.75, 3.05) is 51.0 Å². The van der Waals surface area contributed by atoms with Crippen molar-refractivity contribution in [3.63, 3.8) is 0 Å². The highest BCUT2D eigenvalue weighted by atomic mass is 32.2. The Kier molecular flexibility index (Phi) is 6.15. The molecule has 0 saturated carbocycles. The van der Waals surface area contributed by atoms with Gasteiger partial charge in [-0.15, -0.1) is 20.4 Å². The molecule has 0 aromatic carbocycles. The molecule has 0 bridgehead atoms. The number of sulfonamides is 1. The zero-order chi connectivity index (χ0) is 25.9. The van der Waals surface area contributed by atoms with Crippen molar-refractivity contribution in [3.05, 3.63) is 17.3 Å². The summed E-state index contributed by atoms with van der Waals surface area (Å²) in [5, 5.41) is 15.6. The second kappa shape index (κ2) is 9.13. The topological polar surface area (TPSA) is 127 Å². The molecule has 1 N–H and O–H groups in total. The van der Waals surface area contributed by atoms with E-state index >= 15 is 0 Å². The molecule has 0 amide bonds. The van der Waals surface area contributed by atoms with Gasteiger partial charge in [0.25, 0.3) is 6.43 Å². The van der Waals surface area contributed by atoms with Gasteiger partial charge in [0.1, 0.15) is 4.90 Å². The summed E-state index contributed by atoms with van der Waals surface area (Å²) < 4.78 is 68.4. The van der Waals surface area contributed by atoms with Crippen LogP contribution in [0.4, 0.5) is 14.5 Å². The first-order valence-electron chi connectivity index (χ1n) is 11.8. The molecule has 0 aliphatic carbocycles. The van der Waals surface area contributed by atoms with Crippen molar-refractivity contribution < 1.29 is 26.7 Å². The van der Waals surface area contributed by atoms with Gasteiger partial charge in [-0.05, 0) is 19.9 Å². The first-order valence-corrected chi connectivity index (χ1v) is 14.1. The van der Waals surface area contributed by atoms with Crippen LogP contribution in [0.1, 0.15) is 25.3 Å². The number of nitrogens with zero attached hydrogens (tertiary/aromatic N) is 7.